The highest BCUT2D eigenvalue weighted by atomic mass is 16.2. The van der Waals surface area contributed by atoms with Gasteiger partial charge in [-0.15, -0.1) is 0 Å². The number of benzene rings is 2. The number of amides is 1. The molecule has 2 aromatic rings. The summed E-state index contributed by atoms with van der Waals surface area (Å²) in [6, 6.07) is 15.5. The van der Waals surface area contributed by atoms with Gasteiger partial charge in [0.1, 0.15) is 0 Å². The number of aryl methyl sites for hydroxylation is 2. The molecule has 3 rings (SSSR count). The standard InChI is InChI=1S/C24H27N3O2/c1-2-4-22(28)17-26-21-11-12-23-20(15-21)5-3-14-27(23)24(29)13-10-18-6-8-19(16-25)9-7-18/h6-9,11-12,15,26H,2-5,10,13-14,17H2,1H3. The van der Waals surface area contributed by atoms with Crippen molar-refractivity contribution >= 4 is 23.1 Å². The zero-order valence-electron chi connectivity index (χ0n) is 16.9. The van der Waals surface area contributed by atoms with E-state index in [-0.39, 0.29) is 11.7 Å². The Morgan fingerprint density at radius 2 is 1.93 bits per heavy atom. The van der Waals surface area contributed by atoms with Gasteiger partial charge in [0.15, 0.2) is 5.78 Å². The number of nitriles is 1. The number of nitrogens with one attached hydrogen (secondary N) is 1. The largest absolute Gasteiger partial charge is 0.378 e. The molecule has 1 heterocycles. The molecule has 1 N–H and O–H groups in total. The third-order valence-corrected chi connectivity index (χ3v) is 5.23. The number of hydrogen-bond donors (Lipinski definition) is 1. The molecule has 0 radical (unpaired) electrons. The summed E-state index contributed by atoms with van der Waals surface area (Å²) >= 11 is 0. The fraction of sp³-hybridized carbons (Fsp3) is 0.375. The van der Waals surface area contributed by atoms with Crippen molar-refractivity contribution in [3.05, 3.63) is 59.2 Å². The molecule has 0 spiro atoms. The quantitative estimate of drug-likeness (QED) is 0.732. The first-order chi connectivity index (χ1) is 14.1. The summed E-state index contributed by atoms with van der Waals surface area (Å²) in [6.07, 6.45) is 4.44. The van der Waals surface area contributed by atoms with Gasteiger partial charge in [-0.1, -0.05) is 19.1 Å². The summed E-state index contributed by atoms with van der Waals surface area (Å²) < 4.78 is 0. The molecule has 0 fully saturated rings. The molecule has 2 aromatic carbocycles. The van der Waals surface area contributed by atoms with Gasteiger partial charge in [-0.25, -0.2) is 0 Å². The first kappa shape index (κ1) is 20.6. The topological polar surface area (TPSA) is 73.2 Å². The van der Waals surface area contributed by atoms with E-state index in [4.69, 9.17) is 5.26 Å². The van der Waals surface area contributed by atoms with Crippen LogP contribution in [0.1, 0.15) is 49.3 Å². The van der Waals surface area contributed by atoms with Gasteiger partial charge in [0, 0.05) is 30.8 Å². The van der Waals surface area contributed by atoms with Crippen LogP contribution in [0.2, 0.25) is 0 Å². The first-order valence-corrected chi connectivity index (χ1v) is 10.3. The Morgan fingerprint density at radius 3 is 2.66 bits per heavy atom. The molecule has 0 bridgehead atoms. The van der Waals surface area contributed by atoms with E-state index in [2.05, 4.69) is 17.5 Å². The number of anilines is 2. The number of ketones is 1. The Labute approximate surface area is 172 Å². The van der Waals surface area contributed by atoms with Crippen LogP contribution in [0.5, 0.6) is 0 Å². The number of carbonyl (C=O) groups excluding carboxylic acids is 2. The molecule has 150 valence electrons. The molecule has 0 aliphatic carbocycles. The number of rotatable bonds is 8. The average Bonchev–Trinajstić information content (AvgIpc) is 2.76. The van der Waals surface area contributed by atoms with Gasteiger partial charge in [-0.2, -0.15) is 5.26 Å². The fourth-order valence-corrected chi connectivity index (χ4v) is 3.67. The highest BCUT2D eigenvalue weighted by molar-refractivity contribution is 5.95. The molecule has 1 aliphatic rings. The van der Waals surface area contributed by atoms with E-state index in [1.165, 1.54) is 0 Å². The Kier molecular flexibility index (Phi) is 7.02. The highest BCUT2D eigenvalue weighted by Crippen LogP contribution is 2.30. The molecule has 0 saturated carbocycles. The lowest BCUT2D eigenvalue weighted by molar-refractivity contribution is -0.119. The predicted molar refractivity (Wildman–Crippen MR) is 115 cm³/mol. The summed E-state index contributed by atoms with van der Waals surface area (Å²) in [6.45, 7) is 3.09. The van der Waals surface area contributed by atoms with E-state index < -0.39 is 0 Å². The normalized spacial score (nSPS) is 12.8. The van der Waals surface area contributed by atoms with Crippen molar-refractivity contribution in [3.63, 3.8) is 0 Å². The van der Waals surface area contributed by atoms with Crippen LogP contribution in [0.15, 0.2) is 42.5 Å². The van der Waals surface area contributed by atoms with Crippen LogP contribution in [0.4, 0.5) is 11.4 Å². The molecule has 0 unspecified atom stereocenters. The number of Topliss-reactive ketones (excluding diaryl/α,β-unsaturated/α-hetero) is 1. The van der Waals surface area contributed by atoms with Gasteiger partial charge in [-0.05, 0) is 67.1 Å². The first-order valence-electron chi connectivity index (χ1n) is 10.3. The molecular formula is C24H27N3O2. The van der Waals surface area contributed by atoms with Crippen molar-refractivity contribution in [2.24, 2.45) is 0 Å². The zero-order chi connectivity index (χ0) is 20.6. The van der Waals surface area contributed by atoms with Crippen LogP contribution in [0, 0.1) is 11.3 Å². The zero-order valence-corrected chi connectivity index (χ0v) is 16.9. The molecule has 5 heteroatoms. The Morgan fingerprint density at radius 1 is 1.14 bits per heavy atom. The van der Waals surface area contributed by atoms with E-state index in [1.807, 2.05) is 36.1 Å². The molecule has 1 aliphatic heterocycles. The van der Waals surface area contributed by atoms with E-state index in [0.29, 0.717) is 31.4 Å². The number of hydrogen-bond acceptors (Lipinski definition) is 4. The molecule has 1 amide bonds. The smallest absolute Gasteiger partial charge is 0.227 e. The summed E-state index contributed by atoms with van der Waals surface area (Å²) in [5.74, 6) is 0.332. The summed E-state index contributed by atoms with van der Waals surface area (Å²) in [4.78, 5) is 26.5. The van der Waals surface area contributed by atoms with Crippen molar-refractivity contribution in [1.82, 2.24) is 0 Å². The molecule has 0 atom stereocenters. The Balaban J connectivity index is 1.62. The maximum absolute atomic E-state index is 12.8. The predicted octanol–water partition coefficient (Wildman–Crippen LogP) is 4.25. The van der Waals surface area contributed by atoms with Crippen LogP contribution in [-0.4, -0.2) is 24.8 Å². The number of nitrogens with zero attached hydrogens (tertiary/aromatic N) is 2. The molecule has 29 heavy (non-hydrogen) atoms. The van der Waals surface area contributed by atoms with Crippen molar-refractivity contribution in [3.8, 4) is 6.07 Å². The van der Waals surface area contributed by atoms with E-state index in [9.17, 15) is 9.59 Å². The highest BCUT2D eigenvalue weighted by Gasteiger charge is 2.22. The molecule has 0 saturated heterocycles. The van der Waals surface area contributed by atoms with Crippen molar-refractivity contribution in [2.75, 3.05) is 23.3 Å². The van der Waals surface area contributed by atoms with Crippen molar-refractivity contribution in [2.45, 2.75) is 45.4 Å². The second-order valence-electron chi connectivity index (χ2n) is 7.44. The van der Waals surface area contributed by atoms with Gasteiger partial charge in [0.2, 0.25) is 5.91 Å². The SMILES string of the molecule is CCCC(=O)CNc1ccc2c(c1)CCCN2C(=O)CCc1ccc(C#N)cc1. The lowest BCUT2D eigenvalue weighted by Crippen LogP contribution is -2.35. The molecular weight excluding hydrogens is 362 g/mol. The summed E-state index contributed by atoms with van der Waals surface area (Å²) in [5, 5.41) is 12.1. The minimum atomic E-state index is 0.120. The maximum Gasteiger partial charge on any atom is 0.227 e. The van der Waals surface area contributed by atoms with Gasteiger partial charge < -0.3 is 10.2 Å². The summed E-state index contributed by atoms with van der Waals surface area (Å²) in [5.41, 5.74) is 4.75. The molecule has 5 nitrogen and oxygen atoms in total. The monoisotopic (exact) mass is 389 g/mol. The van der Waals surface area contributed by atoms with Crippen molar-refractivity contribution in [1.29, 1.82) is 5.26 Å². The third kappa shape index (κ3) is 5.45. The Bertz CT molecular complexity index is 913. The second kappa shape index (κ2) is 9.88. The van der Waals surface area contributed by atoms with Crippen LogP contribution < -0.4 is 10.2 Å². The Hall–Kier alpha value is -3.13. The third-order valence-electron chi connectivity index (χ3n) is 5.23. The van der Waals surface area contributed by atoms with Gasteiger partial charge in [0.05, 0.1) is 18.2 Å². The molecule has 0 aromatic heterocycles. The van der Waals surface area contributed by atoms with Crippen molar-refractivity contribution < 1.29 is 9.59 Å². The minimum Gasteiger partial charge on any atom is -0.378 e. The van der Waals surface area contributed by atoms with E-state index in [0.717, 1.165) is 48.3 Å². The minimum absolute atomic E-state index is 0.120. The van der Waals surface area contributed by atoms with E-state index in [1.54, 1.807) is 12.1 Å². The van der Waals surface area contributed by atoms with Crippen LogP contribution in [0.3, 0.4) is 0 Å². The maximum atomic E-state index is 12.8. The van der Waals surface area contributed by atoms with Gasteiger partial charge in [-0.3, -0.25) is 9.59 Å². The lowest BCUT2D eigenvalue weighted by Gasteiger charge is -2.30. The number of fused-ring (bicyclic) bond motifs is 1. The van der Waals surface area contributed by atoms with Gasteiger partial charge >= 0.3 is 0 Å². The second-order valence-corrected chi connectivity index (χ2v) is 7.44. The van der Waals surface area contributed by atoms with E-state index >= 15 is 0 Å². The average molecular weight is 389 g/mol. The lowest BCUT2D eigenvalue weighted by atomic mass is 9.99. The van der Waals surface area contributed by atoms with Gasteiger partial charge in [0.25, 0.3) is 0 Å². The van der Waals surface area contributed by atoms with Crippen LogP contribution in [-0.2, 0) is 22.4 Å². The van der Waals surface area contributed by atoms with Crippen LogP contribution >= 0.6 is 0 Å². The van der Waals surface area contributed by atoms with Crippen LogP contribution in [0.25, 0.3) is 0 Å². The number of carbonyl (C=O) groups is 2. The summed E-state index contributed by atoms with van der Waals surface area (Å²) in [7, 11) is 0. The fourth-order valence-electron chi connectivity index (χ4n) is 3.67.